The van der Waals surface area contributed by atoms with Crippen molar-refractivity contribution in [3.05, 3.63) is 11.1 Å². The van der Waals surface area contributed by atoms with Crippen molar-refractivity contribution in [1.82, 2.24) is 0 Å². The molecule has 17 heteroatoms. The summed E-state index contributed by atoms with van der Waals surface area (Å²) in [4.78, 5) is 37.5. The highest BCUT2D eigenvalue weighted by Gasteiger charge is 3.01. The van der Waals surface area contributed by atoms with E-state index in [1.54, 1.807) is 0 Å². The number of epoxide rings is 3. The second kappa shape index (κ2) is 18.4. The number of unbranched alkanes of at least 4 members (excludes halogenated alkanes) is 1. The first-order chi connectivity index (χ1) is 28.2. The standard InChI is InChI=1S/C41H60O15S2/c1-26(2)39-33(55-39)34-41(56-34)38(3)10-8-28-29(25-52-35(28)43)30(38)24-31-40(41,54-31)36(39)53-37(44)51-22-20-49-18-16-47-14-12-45-11-13-46-15-17-48-19-21-50-32(42)7-5-4-6-27-9-23-57-58-27/h26-27,30-31,33-34,36H,4-25H2,1-3H3/t27?,30-,31-,33-,34-,36+,38-,39-,40+,41+/m0/s1. The molecule has 4 saturated heterocycles. The van der Waals surface area contributed by atoms with Gasteiger partial charge in [0.05, 0.1) is 72.2 Å². The van der Waals surface area contributed by atoms with Crippen LogP contribution in [0.2, 0.25) is 0 Å². The SMILES string of the molecule is CC(C)[C@]12O[C@H]1[C@@H]1O[C@]13[C@]1(O[C@H]1C[C@H]1C4=C(CC[C@@]13C)C(=O)OC4)[C@@H]2OC(=O)OCCOCCOCCOCCOCCOCCOC(=O)CCCCC1CCSS1. The minimum Gasteiger partial charge on any atom is -0.463 e. The maximum atomic E-state index is 13.2. The molecule has 0 amide bonds. The second-order valence-electron chi connectivity index (χ2n) is 17.0. The molecule has 1 unspecified atom stereocenters. The highest BCUT2D eigenvalue weighted by molar-refractivity contribution is 8.77. The van der Waals surface area contributed by atoms with E-state index in [0.29, 0.717) is 85.3 Å². The van der Waals surface area contributed by atoms with E-state index < -0.39 is 29.1 Å². The lowest BCUT2D eigenvalue weighted by molar-refractivity contribution is -0.145. The van der Waals surface area contributed by atoms with E-state index in [9.17, 15) is 14.4 Å². The molecule has 2 saturated carbocycles. The molecular formula is C41H60O15S2. The molecule has 2 spiro atoms. The number of esters is 2. The van der Waals surface area contributed by atoms with Crippen LogP contribution in [0.3, 0.4) is 0 Å². The van der Waals surface area contributed by atoms with Gasteiger partial charge >= 0.3 is 18.1 Å². The van der Waals surface area contributed by atoms with Gasteiger partial charge in [-0.05, 0) is 55.9 Å². The molecular weight excluding hydrogens is 797 g/mol. The summed E-state index contributed by atoms with van der Waals surface area (Å²) in [6, 6.07) is 0. The van der Waals surface area contributed by atoms with E-state index in [2.05, 4.69) is 20.8 Å². The first kappa shape index (κ1) is 43.0. The third-order valence-electron chi connectivity index (χ3n) is 13.6. The van der Waals surface area contributed by atoms with Crippen LogP contribution in [0.25, 0.3) is 0 Å². The summed E-state index contributed by atoms with van der Waals surface area (Å²) in [6.45, 7) is 10.9. The first-order valence-electron chi connectivity index (χ1n) is 21.3. The molecule has 5 aliphatic heterocycles. The third kappa shape index (κ3) is 8.08. The van der Waals surface area contributed by atoms with Crippen molar-refractivity contribution in [1.29, 1.82) is 0 Å². The molecule has 0 radical (unpaired) electrons. The molecule has 10 atom stereocenters. The zero-order valence-electron chi connectivity index (χ0n) is 34.0. The molecule has 8 aliphatic rings. The molecule has 3 aliphatic carbocycles. The van der Waals surface area contributed by atoms with E-state index in [1.807, 2.05) is 21.6 Å². The number of rotatable bonds is 25. The van der Waals surface area contributed by atoms with Crippen LogP contribution in [-0.4, -0.2) is 156 Å². The van der Waals surface area contributed by atoms with Crippen molar-refractivity contribution in [3.8, 4) is 0 Å². The summed E-state index contributed by atoms with van der Waals surface area (Å²) in [5, 5.41) is 0.750. The fourth-order valence-corrected chi connectivity index (χ4v) is 13.7. The van der Waals surface area contributed by atoms with E-state index in [4.69, 9.17) is 56.8 Å². The van der Waals surface area contributed by atoms with Gasteiger partial charge in [0.1, 0.15) is 43.2 Å². The lowest BCUT2D eigenvalue weighted by atomic mass is 9.46. The zero-order valence-corrected chi connectivity index (χ0v) is 35.7. The Morgan fingerprint density at radius 2 is 1.48 bits per heavy atom. The summed E-state index contributed by atoms with van der Waals surface area (Å²) >= 11 is 0. The Morgan fingerprint density at radius 3 is 2.12 bits per heavy atom. The topological polar surface area (TPSA) is 172 Å². The normalized spacial score (nSPS) is 37.2. The molecule has 5 heterocycles. The number of fused-ring (bicyclic) bond motifs is 4. The van der Waals surface area contributed by atoms with Crippen LogP contribution in [0, 0.1) is 17.3 Å². The Bertz CT molecular complexity index is 1520. The van der Waals surface area contributed by atoms with E-state index in [-0.39, 0.29) is 67.3 Å². The van der Waals surface area contributed by atoms with Crippen LogP contribution in [0.1, 0.15) is 72.1 Å². The van der Waals surface area contributed by atoms with Crippen molar-refractivity contribution in [2.75, 3.05) is 91.6 Å². The van der Waals surface area contributed by atoms with Crippen molar-refractivity contribution >= 4 is 39.7 Å². The van der Waals surface area contributed by atoms with Crippen LogP contribution in [0.4, 0.5) is 4.79 Å². The number of cyclic esters (lactones) is 1. The first-order valence-corrected chi connectivity index (χ1v) is 23.7. The monoisotopic (exact) mass is 856 g/mol. The van der Waals surface area contributed by atoms with Gasteiger partial charge in [0.2, 0.25) is 0 Å². The molecule has 6 fully saturated rings. The van der Waals surface area contributed by atoms with Crippen molar-refractivity contribution in [2.24, 2.45) is 17.3 Å². The van der Waals surface area contributed by atoms with Gasteiger partial charge in [-0.2, -0.15) is 0 Å². The van der Waals surface area contributed by atoms with Gasteiger partial charge in [-0.3, -0.25) is 4.79 Å². The van der Waals surface area contributed by atoms with E-state index >= 15 is 0 Å². The summed E-state index contributed by atoms with van der Waals surface area (Å²) in [7, 11) is 3.93. The van der Waals surface area contributed by atoms with Gasteiger partial charge in [-0.25, -0.2) is 9.59 Å². The summed E-state index contributed by atoms with van der Waals surface area (Å²) in [6.07, 6.45) is 4.99. The molecule has 0 aromatic carbocycles. The number of ether oxygens (including phenoxy) is 12. The van der Waals surface area contributed by atoms with Crippen molar-refractivity contribution < 1.29 is 71.2 Å². The quantitative estimate of drug-likeness (QED) is 0.0410. The zero-order chi connectivity index (χ0) is 40.4. The van der Waals surface area contributed by atoms with Gasteiger partial charge in [0, 0.05) is 28.4 Å². The molecule has 8 rings (SSSR count). The van der Waals surface area contributed by atoms with Crippen LogP contribution in [0.5, 0.6) is 0 Å². The van der Waals surface area contributed by atoms with Gasteiger partial charge in [0.15, 0.2) is 11.7 Å². The van der Waals surface area contributed by atoms with Crippen molar-refractivity contribution in [3.63, 3.8) is 0 Å². The highest BCUT2D eigenvalue weighted by Crippen LogP contribution is 2.83. The predicted molar refractivity (Wildman–Crippen MR) is 209 cm³/mol. The Morgan fingerprint density at radius 1 is 0.828 bits per heavy atom. The summed E-state index contributed by atoms with van der Waals surface area (Å²) in [5.41, 5.74) is -0.630. The molecule has 15 nitrogen and oxygen atoms in total. The summed E-state index contributed by atoms with van der Waals surface area (Å²) in [5.74, 6) is 1.03. The maximum absolute atomic E-state index is 13.2. The molecule has 0 aromatic rings. The van der Waals surface area contributed by atoms with E-state index in [1.165, 1.54) is 18.6 Å². The van der Waals surface area contributed by atoms with Crippen molar-refractivity contribution in [2.45, 2.75) is 119 Å². The molecule has 0 N–H and O–H groups in total. The molecule has 326 valence electrons. The van der Waals surface area contributed by atoms with Gasteiger partial charge in [0.25, 0.3) is 0 Å². The predicted octanol–water partition coefficient (Wildman–Crippen LogP) is 4.60. The fourth-order valence-electron chi connectivity index (χ4n) is 10.6. The minimum atomic E-state index is -0.827. The molecule has 0 bridgehead atoms. The van der Waals surface area contributed by atoms with Crippen LogP contribution in [0.15, 0.2) is 11.1 Å². The Balaban J connectivity index is 0.638. The lowest BCUT2D eigenvalue weighted by Gasteiger charge is -2.53. The maximum Gasteiger partial charge on any atom is 0.508 e. The van der Waals surface area contributed by atoms with Crippen LogP contribution in [-0.2, 0) is 66.4 Å². The number of carbonyl (C=O) groups excluding carboxylic acids is 3. The Labute approximate surface area is 348 Å². The lowest BCUT2D eigenvalue weighted by Crippen LogP contribution is -2.70. The van der Waals surface area contributed by atoms with Gasteiger partial charge < -0.3 is 56.8 Å². The number of carbonyl (C=O) groups is 3. The largest absolute Gasteiger partial charge is 0.508 e. The van der Waals surface area contributed by atoms with Gasteiger partial charge in [-0.1, -0.05) is 48.8 Å². The highest BCUT2D eigenvalue weighted by atomic mass is 33.1. The number of hydrogen-bond acceptors (Lipinski definition) is 17. The minimum absolute atomic E-state index is 0.0255. The average Bonchev–Trinajstić information content (AvgIpc) is 4.15. The molecule has 0 aromatic heterocycles. The molecule has 58 heavy (non-hydrogen) atoms. The van der Waals surface area contributed by atoms with Gasteiger partial charge in [-0.15, -0.1) is 0 Å². The Hall–Kier alpha value is -1.67. The number of hydrogen-bond donors (Lipinski definition) is 0. The summed E-state index contributed by atoms with van der Waals surface area (Å²) < 4.78 is 69.9. The van der Waals surface area contributed by atoms with Crippen LogP contribution < -0.4 is 0 Å². The second-order valence-corrected chi connectivity index (χ2v) is 19.7. The third-order valence-corrected chi connectivity index (χ3v) is 16.6. The van der Waals surface area contributed by atoms with E-state index in [0.717, 1.165) is 35.7 Å². The Kier molecular flexibility index (Phi) is 13.6. The average molecular weight is 857 g/mol. The van der Waals surface area contributed by atoms with Crippen LogP contribution >= 0.6 is 21.6 Å². The fraction of sp³-hybridized carbons (Fsp3) is 0.878. The smallest absolute Gasteiger partial charge is 0.463 e.